The summed E-state index contributed by atoms with van der Waals surface area (Å²) in [6.07, 6.45) is 10.1. The third-order valence-electron chi connectivity index (χ3n) is 6.01. The second-order valence-electron chi connectivity index (χ2n) is 8.71. The molecule has 0 aromatic heterocycles. The Labute approximate surface area is 196 Å². The molecule has 1 saturated heterocycles. The summed E-state index contributed by atoms with van der Waals surface area (Å²) in [5.74, 6) is -0.943. The molecule has 0 aliphatic carbocycles. The number of aliphatic hydroxyl groups is 1. The summed E-state index contributed by atoms with van der Waals surface area (Å²) >= 11 is 0. The highest BCUT2D eigenvalue weighted by Gasteiger charge is 2.44. The van der Waals surface area contributed by atoms with Crippen LogP contribution < -0.4 is 0 Å². The summed E-state index contributed by atoms with van der Waals surface area (Å²) in [6.45, 7) is 1.62. The molecule has 1 unspecified atom stereocenters. The molecule has 5 nitrogen and oxygen atoms in total. The lowest BCUT2D eigenvalue weighted by Crippen LogP contribution is -2.39. The fraction of sp³-hybridized carbons (Fsp3) is 0.429. The smallest absolute Gasteiger partial charge is 0.338 e. The van der Waals surface area contributed by atoms with Gasteiger partial charge in [-0.05, 0) is 36.1 Å². The summed E-state index contributed by atoms with van der Waals surface area (Å²) in [4.78, 5) is 24.8. The van der Waals surface area contributed by atoms with Crippen LogP contribution >= 0.6 is 0 Å². The summed E-state index contributed by atoms with van der Waals surface area (Å²) in [6, 6.07) is 17.0. The zero-order valence-corrected chi connectivity index (χ0v) is 19.4. The van der Waals surface area contributed by atoms with E-state index in [0.717, 1.165) is 30.4 Å². The molecule has 0 amide bonds. The fourth-order valence-corrected chi connectivity index (χ4v) is 4.00. The van der Waals surface area contributed by atoms with Gasteiger partial charge < -0.3 is 14.6 Å². The van der Waals surface area contributed by atoms with Crippen LogP contribution in [0.25, 0.3) is 11.1 Å². The standard InChI is InChI=1S/C28H34O5/c1-2-3-4-5-6-7-9-14-25-19-28(20-29,33-27(25)31)21-32-26(30)24-17-15-23(16-18-24)22-12-10-8-11-13-22/h8,10-18,29H,2-7,9,19-21H2,1H3/b25-14+. The number of esters is 2. The van der Waals surface area contributed by atoms with Gasteiger partial charge in [-0.1, -0.05) is 87.6 Å². The van der Waals surface area contributed by atoms with Gasteiger partial charge in [-0.3, -0.25) is 0 Å². The molecule has 0 saturated carbocycles. The van der Waals surface area contributed by atoms with Crippen molar-refractivity contribution in [2.45, 2.75) is 63.9 Å². The molecule has 0 radical (unpaired) electrons. The van der Waals surface area contributed by atoms with Crippen molar-refractivity contribution < 1.29 is 24.2 Å². The topological polar surface area (TPSA) is 72.8 Å². The van der Waals surface area contributed by atoms with Crippen molar-refractivity contribution in [3.05, 3.63) is 71.8 Å². The van der Waals surface area contributed by atoms with Crippen molar-refractivity contribution in [2.24, 2.45) is 0 Å². The monoisotopic (exact) mass is 450 g/mol. The molecular formula is C28H34O5. The molecule has 0 bridgehead atoms. The maximum atomic E-state index is 12.5. The maximum absolute atomic E-state index is 12.5. The molecule has 33 heavy (non-hydrogen) atoms. The van der Waals surface area contributed by atoms with Crippen LogP contribution in [0.2, 0.25) is 0 Å². The van der Waals surface area contributed by atoms with E-state index >= 15 is 0 Å². The number of rotatable bonds is 12. The van der Waals surface area contributed by atoms with E-state index in [1.807, 2.05) is 48.5 Å². The molecule has 1 aliphatic heterocycles. The van der Waals surface area contributed by atoms with Gasteiger partial charge in [0.25, 0.3) is 0 Å². The molecule has 1 N–H and O–H groups in total. The minimum absolute atomic E-state index is 0.178. The van der Waals surface area contributed by atoms with E-state index in [0.29, 0.717) is 11.1 Å². The number of ether oxygens (including phenoxy) is 2. The van der Waals surface area contributed by atoms with Crippen LogP contribution in [0.15, 0.2) is 66.2 Å². The van der Waals surface area contributed by atoms with Gasteiger partial charge in [0, 0.05) is 12.0 Å². The molecule has 5 heteroatoms. The van der Waals surface area contributed by atoms with Crippen LogP contribution in [-0.2, 0) is 14.3 Å². The maximum Gasteiger partial charge on any atom is 0.338 e. The molecule has 1 heterocycles. The summed E-state index contributed by atoms with van der Waals surface area (Å²) < 4.78 is 10.9. The van der Waals surface area contributed by atoms with Gasteiger partial charge in [0.2, 0.25) is 0 Å². The van der Waals surface area contributed by atoms with Gasteiger partial charge in [0.05, 0.1) is 12.2 Å². The number of benzene rings is 2. The molecule has 1 atom stereocenters. The van der Waals surface area contributed by atoms with Gasteiger partial charge >= 0.3 is 11.9 Å². The Morgan fingerprint density at radius 1 is 1.00 bits per heavy atom. The number of unbranched alkanes of at least 4 members (excludes halogenated alkanes) is 6. The molecular weight excluding hydrogens is 416 g/mol. The largest absolute Gasteiger partial charge is 0.458 e. The number of hydrogen-bond acceptors (Lipinski definition) is 5. The van der Waals surface area contributed by atoms with Crippen LogP contribution in [-0.4, -0.2) is 35.9 Å². The number of hydrogen-bond donors (Lipinski definition) is 1. The first-order valence-electron chi connectivity index (χ1n) is 11.9. The Kier molecular flexibility index (Phi) is 9.25. The second-order valence-corrected chi connectivity index (χ2v) is 8.71. The van der Waals surface area contributed by atoms with Gasteiger partial charge in [-0.25, -0.2) is 9.59 Å². The lowest BCUT2D eigenvalue weighted by molar-refractivity contribution is -0.154. The van der Waals surface area contributed by atoms with E-state index in [1.165, 1.54) is 25.7 Å². The summed E-state index contributed by atoms with van der Waals surface area (Å²) in [5, 5.41) is 9.89. The lowest BCUT2D eigenvalue weighted by Gasteiger charge is -2.24. The fourth-order valence-electron chi connectivity index (χ4n) is 4.00. The third kappa shape index (κ3) is 7.03. The zero-order chi connectivity index (χ0) is 23.5. The van der Waals surface area contributed by atoms with Gasteiger partial charge in [0.1, 0.15) is 6.61 Å². The highest BCUT2D eigenvalue weighted by molar-refractivity contribution is 5.92. The van der Waals surface area contributed by atoms with Crippen LogP contribution in [0, 0.1) is 0 Å². The highest BCUT2D eigenvalue weighted by Crippen LogP contribution is 2.32. The lowest BCUT2D eigenvalue weighted by atomic mass is 9.98. The summed E-state index contributed by atoms with van der Waals surface area (Å²) in [7, 11) is 0. The molecule has 2 aromatic carbocycles. The summed E-state index contributed by atoms with van der Waals surface area (Å²) in [5.41, 5.74) is 1.83. The van der Waals surface area contributed by atoms with Crippen LogP contribution in [0.3, 0.4) is 0 Å². The minimum Gasteiger partial charge on any atom is -0.458 e. The van der Waals surface area contributed by atoms with Crippen molar-refractivity contribution in [1.82, 2.24) is 0 Å². The molecule has 0 spiro atoms. The average Bonchev–Trinajstić information content (AvgIpc) is 3.18. The Morgan fingerprint density at radius 2 is 1.67 bits per heavy atom. The van der Waals surface area contributed by atoms with Gasteiger partial charge in [-0.2, -0.15) is 0 Å². The van der Waals surface area contributed by atoms with E-state index in [9.17, 15) is 14.7 Å². The van der Waals surface area contributed by atoms with E-state index < -0.39 is 24.1 Å². The number of carbonyl (C=O) groups excluding carboxylic acids is 2. The molecule has 176 valence electrons. The van der Waals surface area contributed by atoms with Crippen molar-refractivity contribution in [3.63, 3.8) is 0 Å². The van der Waals surface area contributed by atoms with Gasteiger partial charge in [0.15, 0.2) is 5.60 Å². The first-order valence-corrected chi connectivity index (χ1v) is 11.9. The Bertz CT molecular complexity index is 933. The van der Waals surface area contributed by atoms with Gasteiger partial charge in [-0.15, -0.1) is 0 Å². The van der Waals surface area contributed by atoms with E-state index in [4.69, 9.17) is 9.47 Å². The molecule has 1 aliphatic rings. The van der Waals surface area contributed by atoms with Crippen molar-refractivity contribution in [2.75, 3.05) is 13.2 Å². The predicted octanol–water partition coefficient (Wildman–Crippen LogP) is 5.87. The van der Waals surface area contributed by atoms with Crippen molar-refractivity contribution in [3.8, 4) is 11.1 Å². The Hall–Kier alpha value is -2.92. The molecule has 1 fully saturated rings. The first-order chi connectivity index (χ1) is 16.1. The number of carbonyl (C=O) groups is 2. The number of allylic oxidation sites excluding steroid dienone is 1. The normalized spacial score (nSPS) is 19.0. The number of aliphatic hydroxyl groups excluding tert-OH is 1. The molecule has 3 rings (SSSR count). The van der Waals surface area contributed by atoms with Crippen molar-refractivity contribution in [1.29, 1.82) is 0 Å². The SMILES string of the molecule is CCCCCCCC/C=C1\CC(CO)(COC(=O)c2ccc(-c3ccccc3)cc2)OC1=O. The highest BCUT2D eigenvalue weighted by atomic mass is 16.6. The minimum atomic E-state index is -1.20. The second kappa shape index (κ2) is 12.4. The third-order valence-corrected chi connectivity index (χ3v) is 6.01. The van der Waals surface area contributed by atoms with Crippen LogP contribution in [0.5, 0.6) is 0 Å². The van der Waals surface area contributed by atoms with Crippen molar-refractivity contribution >= 4 is 11.9 Å². The van der Waals surface area contributed by atoms with Crippen LogP contribution in [0.4, 0.5) is 0 Å². The van der Waals surface area contributed by atoms with E-state index in [1.54, 1.807) is 12.1 Å². The Balaban J connectivity index is 1.51. The molecule has 2 aromatic rings. The zero-order valence-electron chi connectivity index (χ0n) is 19.4. The average molecular weight is 451 g/mol. The first kappa shape index (κ1) is 24.7. The quantitative estimate of drug-likeness (QED) is 0.249. The van der Waals surface area contributed by atoms with E-state index in [-0.39, 0.29) is 13.0 Å². The number of cyclic esters (lactones) is 1. The van der Waals surface area contributed by atoms with Crippen LogP contribution in [0.1, 0.15) is 68.6 Å². The predicted molar refractivity (Wildman–Crippen MR) is 129 cm³/mol. The van der Waals surface area contributed by atoms with E-state index in [2.05, 4.69) is 6.92 Å². The Morgan fingerprint density at radius 3 is 2.36 bits per heavy atom.